The molecule has 0 saturated carbocycles. The van der Waals surface area contributed by atoms with E-state index in [0.717, 1.165) is 6.42 Å². The summed E-state index contributed by atoms with van der Waals surface area (Å²) in [7, 11) is 0. The van der Waals surface area contributed by atoms with E-state index in [2.05, 4.69) is 20.4 Å². The van der Waals surface area contributed by atoms with Crippen LogP contribution in [0.25, 0.3) is 0 Å². The zero-order valence-electron chi connectivity index (χ0n) is 5.69. The fraction of sp³-hybridized carbons (Fsp3) is 0.625. The van der Waals surface area contributed by atoms with Crippen LogP contribution >= 0.6 is 0 Å². The van der Waals surface area contributed by atoms with E-state index in [0.29, 0.717) is 5.92 Å². The molecule has 0 aromatic heterocycles. The van der Waals surface area contributed by atoms with Crippen LogP contribution < -0.4 is 0 Å². The molecular weight excluding hydrogens is 96.1 g/mol. The van der Waals surface area contributed by atoms with Gasteiger partial charge in [-0.25, -0.2) is 0 Å². The average Bonchev–Trinajstić information content (AvgIpc) is 1.83. The summed E-state index contributed by atoms with van der Waals surface area (Å²) in [5.41, 5.74) is 0. The van der Waals surface area contributed by atoms with Gasteiger partial charge in [-0.15, -0.1) is 6.58 Å². The van der Waals surface area contributed by atoms with Crippen molar-refractivity contribution < 1.29 is 0 Å². The monoisotopic (exact) mass is 111 g/mol. The molecule has 47 valence electrons. The van der Waals surface area contributed by atoms with Crippen LogP contribution in [-0.4, -0.2) is 0 Å². The van der Waals surface area contributed by atoms with Crippen LogP contribution in [0.1, 0.15) is 26.2 Å². The highest BCUT2D eigenvalue weighted by Gasteiger charge is 1.93. The molecule has 0 bridgehead atoms. The van der Waals surface area contributed by atoms with Crippen LogP contribution in [0.3, 0.4) is 0 Å². The van der Waals surface area contributed by atoms with Crippen molar-refractivity contribution in [3.05, 3.63) is 19.6 Å². The van der Waals surface area contributed by atoms with Crippen molar-refractivity contribution in [3.63, 3.8) is 0 Å². The standard InChI is InChI=1S/C8H15/c1-4-6-7-8(3)5-2/h4,8H,1,3,5-7H2,2H3. The third-order valence-corrected chi connectivity index (χ3v) is 1.36. The van der Waals surface area contributed by atoms with Crippen molar-refractivity contribution in [2.75, 3.05) is 0 Å². The maximum Gasteiger partial charge on any atom is -0.0351 e. The minimum Gasteiger partial charge on any atom is -0.103 e. The minimum atomic E-state index is 0.632. The van der Waals surface area contributed by atoms with Crippen molar-refractivity contribution in [2.45, 2.75) is 26.2 Å². The first-order valence-corrected chi connectivity index (χ1v) is 3.25. The maximum atomic E-state index is 3.95. The first-order valence-electron chi connectivity index (χ1n) is 3.25. The fourth-order valence-corrected chi connectivity index (χ4v) is 0.558. The Labute approximate surface area is 52.6 Å². The van der Waals surface area contributed by atoms with Crippen LogP contribution in [-0.2, 0) is 0 Å². The second-order valence-electron chi connectivity index (χ2n) is 2.14. The van der Waals surface area contributed by atoms with Crippen LogP contribution in [0, 0.1) is 12.8 Å². The van der Waals surface area contributed by atoms with E-state index in [1.807, 2.05) is 6.08 Å². The molecule has 0 N–H and O–H groups in total. The van der Waals surface area contributed by atoms with Crippen LogP contribution in [0.5, 0.6) is 0 Å². The first-order chi connectivity index (χ1) is 3.81. The van der Waals surface area contributed by atoms with Gasteiger partial charge in [0.25, 0.3) is 0 Å². The number of hydrogen-bond donors (Lipinski definition) is 0. The smallest absolute Gasteiger partial charge is 0.0351 e. The largest absolute Gasteiger partial charge is 0.103 e. The Hall–Kier alpha value is -0.260. The Morgan fingerprint density at radius 1 is 1.62 bits per heavy atom. The van der Waals surface area contributed by atoms with E-state index in [9.17, 15) is 0 Å². The molecule has 1 unspecified atom stereocenters. The predicted octanol–water partition coefficient (Wildman–Crippen LogP) is 2.81. The molecule has 0 rings (SSSR count). The summed E-state index contributed by atoms with van der Waals surface area (Å²) >= 11 is 0. The summed E-state index contributed by atoms with van der Waals surface area (Å²) in [6, 6.07) is 0. The van der Waals surface area contributed by atoms with E-state index < -0.39 is 0 Å². The molecule has 0 amide bonds. The Morgan fingerprint density at radius 3 is 2.62 bits per heavy atom. The van der Waals surface area contributed by atoms with Gasteiger partial charge < -0.3 is 0 Å². The van der Waals surface area contributed by atoms with Crippen LogP contribution in [0.2, 0.25) is 0 Å². The number of hydrogen-bond acceptors (Lipinski definition) is 0. The molecule has 1 radical (unpaired) electrons. The maximum absolute atomic E-state index is 3.95. The average molecular weight is 111 g/mol. The first kappa shape index (κ1) is 7.74. The lowest BCUT2D eigenvalue weighted by Gasteiger charge is -2.02. The van der Waals surface area contributed by atoms with Crippen molar-refractivity contribution in [3.8, 4) is 0 Å². The number of allylic oxidation sites excluding steroid dienone is 1. The lowest BCUT2D eigenvalue weighted by atomic mass is 10.0. The second kappa shape index (κ2) is 4.89. The van der Waals surface area contributed by atoms with Gasteiger partial charge in [-0.1, -0.05) is 26.3 Å². The predicted molar refractivity (Wildman–Crippen MR) is 38.6 cm³/mol. The summed E-state index contributed by atoms with van der Waals surface area (Å²) in [4.78, 5) is 0. The van der Waals surface area contributed by atoms with Gasteiger partial charge in [0.15, 0.2) is 0 Å². The summed E-state index contributed by atoms with van der Waals surface area (Å²) in [6.45, 7) is 9.75. The topological polar surface area (TPSA) is 0 Å². The van der Waals surface area contributed by atoms with Gasteiger partial charge >= 0.3 is 0 Å². The Balaban J connectivity index is 2.97. The van der Waals surface area contributed by atoms with Crippen LogP contribution in [0.4, 0.5) is 0 Å². The zero-order valence-corrected chi connectivity index (χ0v) is 5.69. The quantitative estimate of drug-likeness (QED) is 0.489. The lowest BCUT2D eigenvalue weighted by Crippen LogP contribution is -1.89. The highest BCUT2D eigenvalue weighted by atomic mass is 14.0. The van der Waals surface area contributed by atoms with E-state index >= 15 is 0 Å². The van der Waals surface area contributed by atoms with E-state index in [1.165, 1.54) is 12.8 Å². The SMILES string of the molecule is [CH2]C(CC)CCC=C. The normalized spacial score (nSPS) is 13.2. The molecule has 0 aliphatic rings. The van der Waals surface area contributed by atoms with E-state index in [-0.39, 0.29) is 0 Å². The fourth-order valence-electron chi connectivity index (χ4n) is 0.558. The summed E-state index contributed by atoms with van der Waals surface area (Å²) in [5.74, 6) is 0.632. The lowest BCUT2D eigenvalue weighted by molar-refractivity contribution is 0.575. The summed E-state index contributed by atoms with van der Waals surface area (Å²) < 4.78 is 0. The van der Waals surface area contributed by atoms with Gasteiger partial charge in [0.1, 0.15) is 0 Å². The zero-order chi connectivity index (χ0) is 6.41. The Morgan fingerprint density at radius 2 is 2.25 bits per heavy atom. The van der Waals surface area contributed by atoms with Gasteiger partial charge in [-0.3, -0.25) is 0 Å². The van der Waals surface area contributed by atoms with Crippen molar-refractivity contribution in [1.82, 2.24) is 0 Å². The van der Waals surface area contributed by atoms with Crippen molar-refractivity contribution in [1.29, 1.82) is 0 Å². The summed E-state index contributed by atoms with van der Waals surface area (Å²) in [6.07, 6.45) is 5.45. The highest BCUT2D eigenvalue weighted by molar-refractivity contribution is 4.69. The van der Waals surface area contributed by atoms with E-state index in [1.54, 1.807) is 0 Å². The molecule has 0 heterocycles. The molecule has 0 aliphatic carbocycles. The molecule has 0 aromatic carbocycles. The molecule has 0 spiro atoms. The van der Waals surface area contributed by atoms with Gasteiger partial charge in [0, 0.05) is 0 Å². The molecule has 0 aliphatic heterocycles. The molecule has 8 heavy (non-hydrogen) atoms. The third kappa shape index (κ3) is 3.91. The molecular formula is C8H15. The van der Waals surface area contributed by atoms with Gasteiger partial charge in [0.05, 0.1) is 0 Å². The Kier molecular flexibility index (Phi) is 4.73. The molecule has 0 aromatic rings. The minimum absolute atomic E-state index is 0.632. The molecule has 0 saturated heterocycles. The number of rotatable bonds is 4. The third-order valence-electron chi connectivity index (χ3n) is 1.36. The van der Waals surface area contributed by atoms with Crippen molar-refractivity contribution in [2.24, 2.45) is 5.92 Å². The summed E-state index contributed by atoms with van der Waals surface area (Å²) in [5, 5.41) is 0. The second-order valence-corrected chi connectivity index (χ2v) is 2.14. The van der Waals surface area contributed by atoms with Crippen molar-refractivity contribution >= 4 is 0 Å². The molecule has 0 fully saturated rings. The highest BCUT2D eigenvalue weighted by Crippen LogP contribution is 2.07. The Bertz CT molecular complexity index is 55.1. The van der Waals surface area contributed by atoms with Gasteiger partial charge in [-0.05, 0) is 18.8 Å². The molecule has 0 nitrogen and oxygen atoms in total. The molecule has 1 atom stereocenters. The van der Waals surface area contributed by atoms with E-state index in [4.69, 9.17) is 0 Å². The van der Waals surface area contributed by atoms with Gasteiger partial charge in [-0.2, -0.15) is 0 Å². The van der Waals surface area contributed by atoms with Gasteiger partial charge in [0.2, 0.25) is 0 Å². The van der Waals surface area contributed by atoms with Crippen LogP contribution in [0.15, 0.2) is 12.7 Å². The molecule has 0 heteroatoms.